The van der Waals surface area contributed by atoms with E-state index in [4.69, 9.17) is 9.84 Å². The Morgan fingerprint density at radius 1 is 1.11 bits per heavy atom. The summed E-state index contributed by atoms with van der Waals surface area (Å²) in [4.78, 5) is 1.24. The fraction of sp³-hybridized carbons (Fsp3) is 0.250. The van der Waals surface area contributed by atoms with Crippen molar-refractivity contribution in [3.8, 4) is 5.75 Å². The van der Waals surface area contributed by atoms with Crippen molar-refractivity contribution in [2.24, 2.45) is 0 Å². The number of hydrogen-bond donors (Lipinski definition) is 1. The number of benzene rings is 2. The van der Waals surface area contributed by atoms with Crippen LogP contribution in [0.5, 0.6) is 5.75 Å². The van der Waals surface area contributed by atoms with Gasteiger partial charge in [0.05, 0.1) is 13.2 Å². The van der Waals surface area contributed by atoms with Gasteiger partial charge >= 0.3 is 0 Å². The van der Waals surface area contributed by atoms with Crippen molar-refractivity contribution in [2.45, 2.75) is 17.4 Å². The quantitative estimate of drug-likeness (QED) is 0.864. The molecule has 1 aliphatic rings. The van der Waals surface area contributed by atoms with Gasteiger partial charge in [-0.15, -0.1) is 11.8 Å². The van der Waals surface area contributed by atoms with Gasteiger partial charge in [-0.1, -0.05) is 30.3 Å². The van der Waals surface area contributed by atoms with Crippen molar-refractivity contribution >= 4 is 11.8 Å². The van der Waals surface area contributed by atoms with Gasteiger partial charge in [0.2, 0.25) is 0 Å². The van der Waals surface area contributed by atoms with E-state index in [0.717, 1.165) is 23.7 Å². The summed E-state index contributed by atoms with van der Waals surface area (Å²) >= 11 is 1.84. The number of thioether (sulfide) groups is 1. The fourth-order valence-electron chi connectivity index (χ4n) is 2.26. The molecule has 98 valence electrons. The summed E-state index contributed by atoms with van der Waals surface area (Å²) in [5.74, 6) is 2.53. The van der Waals surface area contributed by atoms with Crippen LogP contribution >= 0.6 is 11.8 Å². The lowest BCUT2D eigenvalue weighted by Crippen LogP contribution is -2.03. The summed E-state index contributed by atoms with van der Waals surface area (Å²) in [5.41, 5.74) is 2.28. The van der Waals surface area contributed by atoms with E-state index < -0.39 is 0 Å². The monoisotopic (exact) mass is 272 g/mol. The zero-order valence-electron chi connectivity index (χ0n) is 10.6. The van der Waals surface area contributed by atoms with Crippen LogP contribution in [-0.2, 0) is 6.61 Å². The SMILES string of the molecule is OCc1ccc(SCC2COc3ccccc32)cc1. The molecule has 0 radical (unpaired) electrons. The van der Waals surface area contributed by atoms with E-state index in [1.54, 1.807) is 0 Å². The Kier molecular flexibility index (Phi) is 3.76. The normalized spacial score (nSPS) is 17.0. The third-order valence-corrected chi connectivity index (χ3v) is 4.53. The molecule has 19 heavy (non-hydrogen) atoms. The standard InChI is InChI=1S/C16H16O2S/c17-9-12-5-7-14(8-6-12)19-11-13-10-18-16-4-2-1-3-15(13)16/h1-8,13,17H,9-11H2. The minimum atomic E-state index is 0.106. The highest BCUT2D eigenvalue weighted by molar-refractivity contribution is 7.99. The summed E-state index contributed by atoms with van der Waals surface area (Å²) in [7, 11) is 0. The van der Waals surface area contributed by atoms with Crippen LogP contribution in [0.1, 0.15) is 17.0 Å². The lowest BCUT2D eigenvalue weighted by Gasteiger charge is -2.08. The van der Waals surface area contributed by atoms with Gasteiger partial charge in [0.1, 0.15) is 5.75 Å². The molecule has 0 bridgehead atoms. The first kappa shape index (κ1) is 12.6. The predicted molar refractivity (Wildman–Crippen MR) is 77.8 cm³/mol. The Hall–Kier alpha value is -1.45. The highest BCUT2D eigenvalue weighted by Gasteiger charge is 2.23. The largest absolute Gasteiger partial charge is 0.493 e. The summed E-state index contributed by atoms with van der Waals surface area (Å²) in [6.07, 6.45) is 0. The van der Waals surface area contributed by atoms with Crippen LogP contribution in [0.15, 0.2) is 53.4 Å². The van der Waals surface area contributed by atoms with E-state index in [1.807, 2.05) is 36.0 Å². The van der Waals surface area contributed by atoms with Crippen molar-refractivity contribution in [3.63, 3.8) is 0 Å². The van der Waals surface area contributed by atoms with E-state index in [1.165, 1.54) is 10.5 Å². The third-order valence-electron chi connectivity index (χ3n) is 3.36. The molecule has 0 saturated carbocycles. The molecule has 0 spiro atoms. The van der Waals surface area contributed by atoms with Crippen LogP contribution in [0.25, 0.3) is 0 Å². The van der Waals surface area contributed by atoms with Crippen LogP contribution in [0.3, 0.4) is 0 Å². The van der Waals surface area contributed by atoms with Crippen LogP contribution in [-0.4, -0.2) is 17.5 Å². The van der Waals surface area contributed by atoms with E-state index in [2.05, 4.69) is 24.3 Å². The number of fused-ring (bicyclic) bond motifs is 1. The Balaban J connectivity index is 1.64. The zero-order chi connectivity index (χ0) is 13.1. The first-order valence-electron chi connectivity index (χ1n) is 6.41. The van der Waals surface area contributed by atoms with Gasteiger partial charge in [-0.3, -0.25) is 0 Å². The second-order valence-electron chi connectivity index (χ2n) is 4.66. The van der Waals surface area contributed by atoms with Crippen molar-refractivity contribution in [1.82, 2.24) is 0 Å². The number of aliphatic hydroxyl groups excluding tert-OH is 1. The maximum Gasteiger partial charge on any atom is 0.122 e. The van der Waals surface area contributed by atoms with E-state index >= 15 is 0 Å². The molecule has 0 aromatic heterocycles. The summed E-state index contributed by atoms with van der Waals surface area (Å²) in [6.45, 7) is 0.885. The Morgan fingerprint density at radius 3 is 2.68 bits per heavy atom. The van der Waals surface area contributed by atoms with Gasteiger partial charge in [-0.2, -0.15) is 0 Å². The molecular weight excluding hydrogens is 256 g/mol. The third kappa shape index (κ3) is 2.77. The molecule has 2 aromatic rings. The number of rotatable bonds is 4. The zero-order valence-corrected chi connectivity index (χ0v) is 11.4. The molecule has 3 heteroatoms. The van der Waals surface area contributed by atoms with Crippen LogP contribution in [0.4, 0.5) is 0 Å². The first-order chi connectivity index (χ1) is 9.36. The smallest absolute Gasteiger partial charge is 0.122 e. The molecule has 1 heterocycles. The average molecular weight is 272 g/mol. The molecular formula is C16H16O2S. The second-order valence-corrected chi connectivity index (χ2v) is 5.75. The average Bonchev–Trinajstić information content (AvgIpc) is 2.89. The molecule has 1 aliphatic heterocycles. The minimum absolute atomic E-state index is 0.106. The van der Waals surface area contributed by atoms with Gasteiger partial charge in [-0.25, -0.2) is 0 Å². The number of hydrogen-bond acceptors (Lipinski definition) is 3. The molecule has 0 amide bonds. The Morgan fingerprint density at radius 2 is 1.89 bits per heavy atom. The highest BCUT2D eigenvalue weighted by Crippen LogP contribution is 2.36. The molecule has 0 saturated heterocycles. The van der Waals surface area contributed by atoms with E-state index in [-0.39, 0.29) is 6.61 Å². The van der Waals surface area contributed by atoms with Gasteiger partial charge in [0.15, 0.2) is 0 Å². The maximum absolute atomic E-state index is 9.02. The fourth-order valence-corrected chi connectivity index (χ4v) is 3.25. The van der Waals surface area contributed by atoms with Gasteiger partial charge < -0.3 is 9.84 Å². The summed E-state index contributed by atoms with van der Waals surface area (Å²) in [6, 6.07) is 16.4. The molecule has 2 nitrogen and oxygen atoms in total. The molecule has 1 atom stereocenters. The lowest BCUT2D eigenvalue weighted by molar-refractivity contribution is 0.282. The minimum Gasteiger partial charge on any atom is -0.493 e. The summed E-state index contributed by atoms with van der Waals surface area (Å²) < 4.78 is 5.69. The van der Waals surface area contributed by atoms with Crippen molar-refractivity contribution in [1.29, 1.82) is 0 Å². The number of aliphatic hydroxyl groups is 1. The molecule has 0 fully saturated rings. The van der Waals surface area contributed by atoms with Gasteiger partial charge in [-0.05, 0) is 23.8 Å². The number of ether oxygens (including phenoxy) is 1. The van der Waals surface area contributed by atoms with Crippen molar-refractivity contribution < 1.29 is 9.84 Å². The van der Waals surface area contributed by atoms with Gasteiger partial charge in [0.25, 0.3) is 0 Å². The van der Waals surface area contributed by atoms with E-state index in [0.29, 0.717) is 5.92 Å². The molecule has 3 rings (SSSR count). The number of para-hydroxylation sites is 1. The van der Waals surface area contributed by atoms with Crippen LogP contribution < -0.4 is 4.74 Å². The lowest BCUT2D eigenvalue weighted by atomic mass is 10.0. The maximum atomic E-state index is 9.02. The molecule has 0 aliphatic carbocycles. The van der Waals surface area contributed by atoms with Crippen molar-refractivity contribution in [3.05, 3.63) is 59.7 Å². The Bertz CT molecular complexity index is 551. The highest BCUT2D eigenvalue weighted by atomic mass is 32.2. The molecule has 1 N–H and O–H groups in total. The second kappa shape index (κ2) is 5.68. The summed E-state index contributed by atoms with van der Waals surface area (Å²) in [5, 5.41) is 9.02. The molecule has 2 aromatic carbocycles. The Labute approximate surface area is 117 Å². The van der Waals surface area contributed by atoms with E-state index in [9.17, 15) is 0 Å². The van der Waals surface area contributed by atoms with Crippen LogP contribution in [0.2, 0.25) is 0 Å². The van der Waals surface area contributed by atoms with Crippen molar-refractivity contribution in [2.75, 3.05) is 12.4 Å². The first-order valence-corrected chi connectivity index (χ1v) is 7.39. The molecule has 1 unspecified atom stereocenters. The van der Waals surface area contributed by atoms with Crippen LogP contribution in [0, 0.1) is 0 Å². The topological polar surface area (TPSA) is 29.5 Å². The van der Waals surface area contributed by atoms with Gasteiger partial charge in [0, 0.05) is 22.1 Å². The predicted octanol–water partition coefficient (Wildman–Crippen LogP) is 3.45.